The van der Waals surface area contributed by atoms with Gasteiger partial charge in [-0.25, -0.2) is 13.1 Å². The molecule has 6 heteroatoms. The molecule has 19 heavy (non-hydrogen) atoms. The number of aromatic nitrogens is 1. The molecule has 0 amide bonds. The smallest absolute Gasteiger partial charge is 0.219 e. The van der Waals surface area contributed by atoms with E-state index in [-0.39, 0.29) is 5.92 Å². The molecule has 2 atom stereocenters. The van der Waals surface area contributed by atoms with E-state index < -0.39 is 15.3 Å². The van der Waals surface area contributed by atoms with E-state index in [1.165, 1.54) is 0 Å². The second kappa shape index (κ2) is 6.45. The lowest BCUT2D eigenvalue weighted by atomic mass is 10.0. The van der Waals surface area contributed by atoms with Crippen molar-refractivity contribution < 1.29 is 13.2 Å². The summed E-state index contributed by atoms with van der Waals surface area (Å²) in [5.41, 5.74) is 0.565. The summed E-state index contributed by atoms with van der Waals surface area (Å²) in [5.74, 6) is 0.277. The van der Waals surface area contributed by atoms with Crippen LogP contribution in [0.2, 0.25) is 0 Å². The Morgan fingerprint density at radius 3 is 3.00 bits per heavy atom. The number of pyridine rings is 1. The Balaban J connectivity index is 1.94. The van der Waals surface area contributed by atoms with Crippen molar-refractivity contribution >= 4 is 10.0 Å². The predicted octanol–water partition coefficient (Wildman–Crippen LogP) is 1.49. The molecule has 106 valence electrons. The minimum Gasteiger partial charge on any atom is -0.381 e. The first kappa shape index (κ1) is 14.4. The van der Waals surface area contributed by atoms with Gasteiger partial charge in [0.05, 0.1) is 12.3 Å². The van der Waals surface area contributed by atoms with Crippen LogP contribution in [-0.2, 0) is 14.8 Å². The molecule has 5 nitrogen and oxygen atoms in total. The molecule has 2 heterocycles. The summed E-state index contributed by atoms with van der Waals surface area (Å²) in [4.78, 5) is 4.10. The topological polar surface area (TPSA) is 68.3 Å². The van der Waals surface area contributed by atoms with Crippen molar-refractivity contribution in [1.29, 1.82) is 0 Å². The van der Waals surface area contributed by atoms with Crippen LogP contribution in [0, 0.1) is 5.92 Å². The van der Waals surface area contributed by atoms with E-state index in [0.29, 0.717) is 18.8 Å². The highest BCUT2D eigenvalue weighted by Gasteiger charge is 2.25. The molecular formula is C13H20N2O3S. The number of rotatable bonds is 5. The minimum atomic E-state index is -3.38. The Labute approximate surface area is 114 Å². The molecule has 1 N–H and O–H groups in total. The molecule has 1 aromatic rings. The molecule has 1 fully saturated rings. The van der Waals surface area contributed by atoms with Crippen molar-refractivity contribution in [3.05, 3.63) is 30.1 Å². The Kier molecular flexibility index (Phi) is 4.90. The second-order valence-corrected chi connectivity index (χ2v) is 6.96. The van der Waals surface area contributed by atoms with E-state index in [9.17, 15) is 8.42 Å². The van der Waals surface area contributed by atoms with Gasteiger partial charge in [-0.2, -0.15) is 0 Å². The Bertz CT molecular complexity index is 484. The fourth-order valence-corrected chi connectivity index (χ4v) is 3.28. The first-order valence-electron chi connectivity index (χ1n) is 6.57. The first-order valence-corrected chi connectivity index (χ1v) is 8.11. The van der Waals surface area contributed by atoms with Crippen molar-refractivity contribution in [2.45, 2.75) is 25.0 Å². The van der Waals surface area contributed by atoms with Gasteiger partial charge in [0.1, 0.15) is 5.25 Å². The number of hydrogen-bond acceptors (Lipinski definition) is 4. The normalized spacial score (nSPS) is 22.1. The highest BCUT2D eigenvalue weighted by atomic mass is 32.2. The van der Waals surface area contributed by atoms with Crippen LogP contribution < -0.4 is 4.72 Å². The zero-order valence-corrected chi connectivity index (χ0v) is 11.9. The van der Waals surface area contributed by atoms with Gasteiger partial charge in [-0.3, -0.25) is 4.98 Å². The number of nitrogens with one attached hydrogen (secondary N) is 1. The average molecular weight is 284 g/mol. The van der Waals surface area contributed by atoms with E-state index in [2.05, 4.69) is 9.71 Å². The van der Waals surface area contributed by atoms with Gasteiger partial charge in [-0.15, -0.1) is 0 Å². The lowest BCUT2D eigenvalue weighted by Crippen LogP contribution is -2.35. The van der Waals surface area contributed by atoms with Gasteiger partial charge >= 0.3 is 0 Å². The number of hydrogen-bond donors (Lipinski definition) is 1. The summed E-state index contributed by atoms with van der Waals surface area (Å²) >= 11 is 0. The van der Waals surface area contributed by atoms with Crippen LogP contribution in [-0.4, -0.2) is 33.2 Å². The maximum Gasteiger partial charge on any atom is 0.219 e. The van der Waals surface area contributed by atoms with E-state index in [0.717, 1.165) is 19.4 Å². The molecule has 1 aliphatic rings. The Morgan fingerprint density at radius 1 is 1.53 bits per heavy atom. The quantitative estimate of drug-likeness (QED) is 0.889. The van der Waals surface area contributed by atoms with Crippen LogP contribution in [0.3, 0.4) is 0 Å². The Morgan fingerprint density at radius 2 is 2.37 bits per heavy atom. The molecule has 0 saturated carbocycles. The molecule has 1 aromatic heterocycles. The summed E-state index contributed by atoms with van der Waals surface area (Å²) in [5, 5.41) is -0.641. The molecule has 2 rings (SSSR count). The van der Waals surface area contributed by atoms with Crippen LogP contribution in [0.25, 0.3) is 0 Å². The molecule has 1 saturated heterocycles. The molecule has 0 aromatic carbocycles. The van der Waals surface area contributed by atoms with Crippen molar-refractivity contribution in [2.24, 2.45) is 5.92 Å². The van der Waals surface area contributed by atoms with E-state index in [1.54, 1.807) is 31.3 Å². The molecule has 2 unspecified atom stereocenters. The molecule has 1 aliphatic heterocycles. The molecular weight excluding hydrogens is 264 g/mol. The van der Waals surface area contributed by atoms with Crippen LogP contribution in [0.1, 0.15) is 30.7 Å². The SMILES string of the molecule is CC(c1ccccn1)S(=O)(=O)NCC1CCCOC1. The fraction of sp³-hybridized carbons (Fsp3) is 0.615. The summed E-state index contributed by atoms with van der Waals surface area (Å²) in [6.45, 7) is 3.52. The zero-order chi connectivity index (χ0) is 13.7. The summed E-state index contributed by atoms with van der Waals surface area (Å²) in [6.07, 6.45) is 3.62. The summed E-state index contributed by atoms with van der Waals surface area (Å²) in [6, 6.07) is 5.30. The van der Waals surface area contributed by atoms with Crippen molar-refractivity contribution in [3.8, 4) is 0 Å². The summed E-state index contributed by atoms with van der Waals surface area (Å²) < 4.78 is 32.4. The molecule has 0 radical (unpaired) electrons. The van der Waals surface area contributed by atoms with Gasteiger partial charge < -0.3 is 4.74 Å². The van der Waals surface area contributed by atoms with Crippen LogP contribution in [0.4, 0.5) is 0 Å². The van der Waals surface area contributed by atoms with Gasteiger partial charge in [0.2, 0.25) is 10.0 Å². The monoisotopic (exact) mass is 284 g/mol. The third kappa shape index (κ3) is 3.99. The van der Waals surface area contributed by atoms with E-state index in [1.807, 2.05) is 0 Å². The second-order valence-electron chi connectivity index (χ2n) is 4.87. The number of nitrogens with zero attached hydrogens (tertiary/aromatic N) is 1. The third-order valence-corrected chi connectivity index (χ3v) is 5.14. The van der Waals surface area contributed by atoms with Gasteiger partial charge in [0, 0.05) is 19.3 Å². The summed E-state index contributed by atoms with van der Waals surface area (Å²) in [7, 11) is -3.38. The van der Waals surface area contributed by atoms with Crippen LogP contribution >= 0.6 is 0 Å². The number of sulfonamides is 1. The Hall–Kier alpha value is -0.980. The van der Waals surface area contributed by atoms with Gasteiger partial charge in [-0.05, 0) is 37.8 Å². The average Bonchev–Trinajstić information content (AvgIpc) is 2.46. The number of ether oxygens (including phenoxy) is 1. The standard InChI is InChI=1S/C13H20N2O3S/c1-11(13-6-2-3-7-14-13)19(16,17)15-9-12-5-4-8-18-10-12/h2-3,6-7,11-12,15H,4-5,8-10H2,1H3. The fourth-order valence-electron chi connectivity index (χ4n) is 2.10. The maximum absolute atomic E-state index is 12.2. The van der Waals surface area contributed by atoms with Crippen LogP contribution in [0.15, 0.2) is 24.4 Å². The lowest BCUT2D eigenvalue weighted by Gasteiger charge is -2.23. The van der Waals surface area contributed by atoms with Crippen molar-refractivity contribution in [1.82, 2.24) is 9.71 Å². The van der Waals surface area contributed by atoms with Gasteiger partial charge in [0.25, 0.3) is 0 Å². The zero-order valence-electron chi connectivity index (χ0n) is 11.1. The third-order valence-electron chi connectivity index (χ3n) is 3.40. The lowest BCUT2D eigenvalue weighted by molar-refractivity contribution is 0.0567. The van der Waals surface area contributed by atoms with Gasteiger partial charge in [0.15, 0.2) is 0 Å². The highest BCUT2D eigenvalue weighted by Crippen LogP contribution is 2.19. The van der Waals surface area contributed by atoms with Crippen molar-refractivity contribution in [3.63, 3.8) is 0 Å². The predicted molar refractivity (Wildman–Crippen MR) is 73.1 cm³/mol. The maximum atomic E-state index is 12.2. The molecule has 0 bridgehead atoms. The highest BCUT2D eigenvalue weighted by molar-refractivity contribution is 7.89. The van der Waals surface area contributed by atoms with E-state index in [4.69, 9.17) is 4.74 Å². The first-order chi connectivity index (χ1) is 9.09. The van der Waals surface area contributed by atoms with Crippen molar-refractivity contribution in [2.75, 3.05) is 19.8 Å². The molecule has 0 spiro atoms. The molecule has 0 aliphatic carbocycles. The minimum absolute atomic E-state index is 0.277. The van der Waals surface area contributed by atoms with Crippen LogP contribution in [0.5, 0.6) is 0 Å². The largest absolute Gasteiger partial charge is 0.381 e. The van der Waals surface area contributed by atoms with Gasteiger partial charge in [-0.1, -0.05) is 6.07 Å². The van der Waals surface area contributed by atoms with E-state index >= 15 is 0 Å².